The van der Waals surface area contributed by atoms with Gasteiger partial charge in [0, 0.05) is 30.7 Å². The van der Waals surface area contributed by atoms with Crippen LogP contribution in [0.1, 0.15) is 30.9 Å². The molecular weight excluding hydrogens is 322 g/mol. The monoisotopic (exact) mass is 343 g/mol. The van der Waals surface area contributed by atoms with Crippen molar-refractivity contribution in [3.8, 4) is 11.4 Å². The van der Waals surface area contributed by atoms with Gasteiger partial charge in [-0.05, 0) is 41.3 Å². The molecule has 4 aromatic rings. The number of fused-ring (bicyclic) bond motifs is 1. The van der Waals surface area contributed by atoms with Crippen molar-refractivity contribution >= 4 is 16.9 Å². The second kappa shape index (κ2) is 6.96. The minimum absolute atomic E-state index is 0.485. The maximum atomic E-state index is 4.80. The third-order valence-electron chi connectivity index (χ3n) is 4.44. The number of hydrogen-bond donors (Lipinski definition) is 2. The van der Waals surface area contributed by atoms with Gasteiger partial charge in [-0.1, -0.05) is 32.0 Å². The summed E-state index contributed by atoms with van der Waals surface area (Å²) < 4.78 is 0. The molecule has 5 nitrogen and oxygen atoms in total. The van der Waals surface area contributed by atoms with E-state index in [1.54, 1.807) is 18.6 Å². The number of benzene rings is 1. The summed E-state index contributed by atoms with van der Waals surface area (Å²) in [6.45, 7) is 5.07. The highest BCUT2D eigenvalue weighted by molar-refractivity contribution is 5.88. The molecule has 0 saturated carbocycles. The summed E-state index contributed by atoms with van der Waals surface area (Å²) in [4.78, 5) is 16.7. The zero-order chi connectivity index (χ0) is 17.9. The average Bonchev–Trinajstić information content (AvgIpc) is 3.12. The molecule has 0 aliphatic rings. The van der Waals surface area contributed by atoms with Crippen LogP contribution in [0.4, 0.5) is 5.82 Å². The molecule has 0 fully saturated rings. The van der Waals surface area contributed by atoms with Crippen molar-refractivity contribution < 1.29 is 0 Å². The zero-order valence-electron chi connectivity index (χ0n) is 14.9. The van der Waals surface area contributed by atoms with E-state index in [-0.39, 0.29) is 0 Å². The van der Waals surface area contributed by atoms with E-state index >= 15 is 0 Å². The lowest BCUT2D eigenvalue weighted by molar-refractivity contribution is 0.867. The van der Waals surface area contributed by atoms with Crippen molar-refractivity contribution in [3.63, 3.8) is 0 Å². The van der Waals surface area contributed by atoms with Gasteiger partial charge in [-0.15, -0.1) is 0 Å². The fourth-order valence-corrected chi connectivity index (χ4v) is 2.93. The smallest absolute Gasteiger partial charge is 0.154 e. The second-order valence-electron chi connectivity index (χ2n) is 6.63. The van der Waals surface area contributed by atoms with Crippen molar-refractivity contribution in [1.29, 1.82) is 0 Å². The first-order valence-electron chi connectivity index (χ1n) is 8.78. The Balaban J connectivity index is 1.66. The summed E-state index contributed by atoms with van der Waals surface area (Å²) in [5.41, 5.74) is 5.37. The molecule has 2 N–H and O–H groups in total. The Bertz CT molecular complexity index is 1020. The molecule has 0 radical (unpaired) electrons. The number of nitrogens with one attached hydrogen (secondary N) is 2. The Labute approximate surface area is 152 Å². The van der Waals surface area contributed by atoms with Crippen molar-refractivity contribution in [2.45, 2.75) is 26.3 Å². The first kappa shape index (κ1) is 16.3. The van der Waals surface area contributed by atoms with Gasteiger partial charge in [-0.2, -0.15) is 0 Å². The van der Waals surface area contributed by atoms with E-state index < -0.39 is 0 Å². The van der Waals surface area contributed by atoms with Crippen LogP contribution in [0.25, 0.3) is 22.4 Å². The summed E-state index contributed by atoms with van der Waals surface area (Å²) >= 11 is 0. The van der Waals surface area contributed by atoms with Crippen LogP contribution in [0.5, 0.6) is 0 Å². The molecule has 130 valence electrons. The molecule has 0 atom stereocenters. The lowest BCUT2D eigenvalue weighted by Gasteiger charge is -2.06. The van der Waals surface area contributed by atoms with Gasteiger partial charge >= 0.3 is 0 Å². The highest BCUT2D eigenvalue weighted by Gasteiger charge is 2.11. The summed E-state index contributed by atoms with van der Waals surface area (Å²) in [7, 11) is 0. The van der Waals surface area contributed by atoms with E-state index in [4.69, 9.17) is 4.98 Å². The SMILES string of the molecule is CC(C)c1cccc(-c2nc3c(NCc4ccncc4)nccc3[nH]2)c1. The number of H-pyrrole nitrogens is 1. The maximum Gasteiger partial charge on any atom is 0.154 e. The Morgan fingerprint density at radius 3 is 2.69 bits per heavy atom. The van der Waals surface area contributed by atoms with Gasteiger partial charge in [0.1, 0.15) is 11.3 Å². The second-order valence-corrected chi connectivity index (χ2v) is 6.63. The first-order chi connectivity index (χ1) is 12.7. The molecule has 0 saturated heterocycles. The summed E-state index contributed by atoms with van der Waals surface area (Å²) in [5.74, 6) is 2.13. The van der Waals surface area contributed by atoms with Crippen LogP contribution in [0, 0.1) is 0 Å². The number of nitrogens with zero attached hydrogens (tertiary/aromatic N) is 3. The van der Waals surface area contributed by atoms with Gasteiger partial charge in [0.15, 0.2) is 5.82 Å². The Hall–Kier alpha value is -3.21. The molecule has 0 amide bonds. The van der Waals surface area contributed by atoms with Crippen LogP contribution in [-0.2, 0) is 6.54 Å². The van der Waals surface area contributed by atoms with Gasteiger partial charge in [0.25, 0.3) is 0 Å². The number of aromatic nitrogens is 4. The predicted molar refractivity (Wildman–Crippen MR) is 105 cm³/mol. The fourth-order valence-electron chi connectivity index (χ4n) is 2.93. The van der Waals surface area contributed by atoms with Crippen LogP contribution in [0.3, 0.4) is 0 Å². The lowest BCUT2D eigenvalue weighted by Crippen LogP contribution is -2.01. The van der Waals surface area contributed by atoms with Crippen LogP contribution < -0.4 is 5.32 Å². The van der Waals surface area contributed by atoms with Crippen LogP contribution in [0.2, 0.25) is 0 Å². The van der Waals surface area contributed by atoms with E-state index in [0.29, 0.717) is 12.5 Å². The van der Waals surface area contributed by atoms with Gasteiger partial charge in [0.05, 0.1) is 5.52 Å². The van der Waals surface area contributed by atoms with Crippen LogP contribution >= 0.6 is 0 Å². The Morgan fingerprint density at radius 2 is 1.88 bits per heavy atom. The predicted octanol–water partition coefficient (Wildman–Crippen LogP) is 4.76. The standard InChI is InChI=1S/C21H21N5/c1-14(2)16-4-3-5-17(12-16)20-25-18-8-11-23-21(19(18)26-20)24-13-15-6-9-22-10-7-15/h3-12,14H,13H2,1-2H3,(H,23,24)(H,25,26). The van der Waals surface area contributed by atoms with Crippen molar-refractivity contribution in [3.05, 3.63) is 72.2 Å². The van der Waals surface area contributed by atoms with Crippen LogP contribution in [-0.4, -0.2) is 19.9 Å². The number of rotatable bonds is 5. The highest BCUT2D eigenvalue weighted by Crippen LogP contribution is 2.26. The van der Waals surface area contributed by atoms with E-state index in [1.165, 1.54) is 5.56 Å². The van der Waals surface area contributed by atoms with Crippen molar-refractivity contribution in [2.24, 2.45) is 0 Å². The van der Waals surface area contributed by atoms with E-state index in [1.807, 2.05) is 18.2 Å². The molecule has 0 spiro atoms. The number of pyridine rings is 2. The number of hydrogen-bond acceptors (Lipinski definition) is 4. The molecule has 5 heteroatoms. The highest BCUT2D eigenvalue weighted by atomic mass is 15.0. The molecule has 3 aromatic heterocycles. The minimum Gasteiger partial charge on any atom is -0.364 e. The maximum absolute atomic E-state index is 4.80. The third kappa shape index (κ3) is 3.28. The largest absolute Gasteiger partial charge is 0.364 e. The number of imidazole rings is 1. The molecule has 1 aromatic carbocycles. The number of anilines is 1. The third-order valence-corrected chi connectivity index (χ3v) is 4.44. The Kier molecular flexibility index (Phi) is 4.35. The zero-order valence-corrected chi connectivity index (χ0v) is 14.9. The molecular formula is C21H21N5. The summed E-state index contributed by atoms with van der Waals surface area (Å²) in [5, 5.41) is 3.38. The lowest BCUT2D eigenvalue weighted by atomic mass is 10.0. The van der Waals surface area contributed by atoms with Gasteiger partial charge < -0.3 is 10.3 Å². The van der Waals surface area contributed by atoms with Gasteiger partial charge in [-0.25, -0.2) is 9.97 Å². The molecule has 0 bridgehead atoms. The first-order valence-corrected chi connectivity index (χ1v) is 8.78. The van der Waals surface area contributed by atoms with Crippen molar-refractivity contribution in [1.82, 2.24) is 19.9 Å². The molecule has 0 aliphatic heterocycles. The Morgan fingerprint density at radius 1 is 1.04 bits per heavy atom. The van der Waals surface area contributed by atoms with E-state index in [9.17, 15) is 0 Å². The fraction of sp³-hybridized carbons (Fsp3) is 0.190. The van der Waals surface area contributed by atoms with Gasteiger partial charge in [0.2, 0.25) is 0 Å². The van der Waals surface area contributed by atoms with Gasteiger partial charge in [-0.3, -0.25) is 4.98 Å². The molecule has 0 aliphatic carbocycles. The normalized spacial score (nSPS) is 11.2. The molecule has 26 heavy (non-hydrogen) atoms. The molecule has 0 unspecified atom stereocenters. The van der Waals surface area contributed by atoms with Crippen LogP contribution in [0.15, 0.2) is 61.1 Å². The molecule has 3 heterocycles. The number of aromatic amines is 1. The molecule has 4 rings (SSSR count). The quantitative estimate of drug-likeness (QED) is 0.548. The summed E-state index contributed by atoms with van der Waals surface area (Å²) in [6, 6.07) is 14.4. The summed E-state index contributed by atoms with van der Waals surface area (Å²) in [6.07, 6.45) is 5.38. The van der Waals surface area contributed by atoms with Crippen molar-refractivity contribution in [2.75, 3.05) is 5.32 Å². The van der Waals surface area contributed by atoms with E-state index in [0.717, 1.165) is 33.8 Å². The minimum atomic E-state index is 0.485. The average molecular weight is 343 g/mol. The topological polar surface area (TPSA) is 66.5 Å². The van der Waals surface area contributed by atoms with E-state index in [2.05, 4.69) is 58.4 Å².